The van der Waals surface area contributed by atoms with Crippen molar-refractivity contribution < 1.29 is 19.2 Å². The third kappa shape index (κ3) is 9.46. The number of pyridine rings is 1. The molecule has 362 valence electrons. The Labute approximate surface area is 409 Å². The zero-order valence-electron chi connectivity index (χ0n) is 40.2. The van der Waals surface area contributed by atoms with E-state index in [0.717, 1.165) is 123 Å². The van der Waals surface area contributed by atoms with Crippen molar-refractivity contribution in [1.82, 2.24) is 35.2 Å². The number of rotatable bonds is 10. The molecular weight excluding hydrogens is 890 g/mol. The van der Waals surface area contributed by atoms with Crippen molar-refractivity contribution in [1.29, 1.82) is 5.26 Å². The lowest BCUT2D eigenvalue weighted by molar-refractivity contribution is -0.140. The Morgan fingerprint density at radius 2 is 1.65 bits per heavy atom. The van der Waals surface area contributed by atoms with E-state index in [4.69, 9.17) is 16.6 Å². The molecule has 2 bridgehead atoms. The topological polar surface area (TPSA) is 171 Å². The average molecular weight is 955 g/mol. The molecule has 3 atom stereocenters. The average Bonchev–Trinajstić information content (AvgIpc) is 3.62. The molecule has 15 nitrogen and oxygen atoms in total. The van der Waals surface area contributed by atoms with Crippen LogP contribution < -0.4 is 20.4 Å². The fourth-order valence-corrected chi connectivity index (χ4v) is 12.8. The van der Waals surface area contributed by atoms with Crippen LogP contribution in [0.3, 0.4) is 0 Å². The van der Waals surface area contributed by atoms with E-state index < -0.39 is 6.03 Å². The molecule has 2 aromatic heterocycles. The van der Waals surface area contributed by atoms with Gasteiger partial charge < -0.3 is 24.9 Å². The molecule has 69 heavy (non-hydrogen) atoms. The van der Waals surface area contributed by atoms with Crippen LogP contribution in [-0.2, 0) is 16.0 Å². The summed E-state index contributed by atoms with van der Waals surface area (Å²) in [6, 6.07) is 15.4. The number of imide groups is 1. The van der Waals surface area contributed by atoms with Crippen molar-refractivity contribution in [2.75, 3.05) is 67.5 Å². The SMILES string of the molecule is Cc1c(CC#N)cccc1[C@@H](C)Nc1nnc(C)c2cnc(N3CC4CCC(C3)N4C(=O)C3CCN(CC4CCC5(CC4)CCN(C(=O)c4ccc(Cl)c(N6CCC(=O)NC6=O)c4)CC5)CC3)cc12. The molecule has 1 saturated carbocycles. The number of urea groups is 1. The number of hydrogen-bond acceptors (Lipinski definition) is 11. The molecule has 10 rings (SSSR count). The smallest absolute Gasteiger partial charge is 0.328 e. The van der Waals surface area contributed by atoms with Crippen molar-refractivity contribution >= 4 is 63.4 Å². The minimum Gasteiger partial charge on any atom is -0.362 e. The number of piperazine rings is 1. The number of aromatic nitrogens is 3. The highest BCUT2D eigenvalue weighted by atomic mass is 35.5. The van der Waals surface area contributed by atoms with Crippen LogP contribution in [0.15, 0.2) is 48.7 Å². The van der Waals surface area contributed by atoms with E-state index in [-0.39, 0.29) is 54.2 Å². The number of amides is 5. The molecule has 5 amide bonds. The van der Waals surface area contributed by atoms with Gasteiger partial charge in [0.25, 0.3) is 5.91 Å². The van der Waals surface area contributed by atoms with Gasteiger partial charge in [-0.3, -0.25) is 24.6 Å². The van der Waals surface area contributed by atoms with Gasteiger partial charge >= 0.3 is 6.03 Å². The number of benzene rings is 2. The van der Waals surface area contributed by atoms with Gasteiger partial charge in [0.2, 0.25) is 11.8 Å². The maximum atomic E-state index is 14.3. The molecule has 6 fully saturated rings. The van der Waals surface area contributed by atoms with Gasteiger partial charge in [0.05, 0.1) is 34.9 Å². The van der Waals surface area contributed by atoms with Gasteiger partial charge in [-0.1, -0.05) is 29.8 Å². The van der Waals surface area contributed by atoms with Crippen LogP contribution in [0.25, 0.3) is 10.8 Å². The van der Waals surface area contributed by atoms with Crippen LogP contribution in [0, 0.1) is 42.4 Å². The lowest BCUT2D eigenvalue weighted by Gasteiger charge is -2.47. The second-order valence-corrected chi connectivity index (χ2v) is 21.2. The lowest BCUT2D eigenvalue weighted by Crippen LogP contribution is -2.58. The van der Waals surface area contributed by atoms with E-state index in [1.807, 2.05) is 30.2 Å². The first-order chi connectivity index (χ1) is 33.4. The lowest BCUT2D eigenvalue weighted by atomic mass is 9.65. The number of nitriles is 1. The Bertz CT molecular complexity index is 2670. The molecule has 1 aliphatic carbocycles. The zero-order chi connectivity index (χ0) is 48.0. The van der Waals surface area contributed by atoms with E-state index in [2.05, 4.69) is 67.6 Å². The Morgan fingerprint density at radius 1 is 0.913 bits per heavy atom. The number of carbonyl (C=O) groups excluding carboxylic acids is 4. The van der Waals surface area contributed by atoms with E-state index in [0.29, 0.717) is 40.3 Å². The number of likely N-dealkylation sites (tertiary alicyclic amines) is 2. The maximum absolute atomic E-state index is 14.3. The first-order valence-electron chi connectivity index (χ1n) is 25.2. The highest BCUT2D eigenvalue weighted by molar-refractivity contribution is 6.34. The molecule has 0 radical (unpaired) electrons. The van der Waals surface area contributed by atoms with Crippen LogP contribution in [0.4, 0.5) is 22.1 Å². The van der Waals surface area contributed by atoms with Crippen LogP contribution in [0.2, 0.25) is 5.02 Å². The molecule has 5 aliphatic heterocycles. The van der Waals surface area contributed by atoms with Crippen LogP contribution in [0.5, 0.6) is 0 Å². The monoisotopic (exact) mass is 953 g/mol. The maximum Gasteiger partial charge on any atom is 0.328 e. The van der Waals surface area contributed by atoms with E-state index >= 15 is 0 Å². The summed E-state index contributed by atoms with van der Waals surface area (Å²) < 4.78 is 0. The molecular formula is C53H64ClN11O4. The molecule has 5 saturated heterocycles. The minimum atomic E-state index is -0.521. The Hall–Kier alpha value is -5.85. The number of fused-ring (bicyclic) bond motifs is 3. The van der Waals surface area contributed by atoms with Gasteiger partial charge in [0.1, 0.15) is 5.82 Å². The molecule has 2 N–H and O–H groups in total. The number of anilines is 3. The number of nitrogens with one attached hydrogen (secondary N) is 2. The minimum absolute atomic E-state index is 0.0488. The predicted octanol–water partition coefficient (Wildman–Crippen LogP) is 7.98. The highest BCUT2D eigenvalue weighted by Crippen LogP contribution is 2.47. The third-order valence-electron chi connectivity index (χ3n) is 16.7. The van der Waals surface area contributed by atoms with Gasteiger partial charge in [-0.05, 0) is 150 Å². The molecule has 7 heterocycles. The molecule has 2 aromatic carbocycles. The van der Waals surface area contributed by atoms with Gasteiger partial charge in [0, 0.05) is 86.2 Å². The molecule has 16 heteroatoms. The fraction of sp³-hybridized carbons (Fsp3) is 0.547. The summed E-state index contributed by atoms with van der Waals surface area (Å²) in [6.45, 7) is 12.4. The Morgan fingerprint density at radius 3 is 2.36 bits per heavy atom. The van der Waals surface area contributed by atoms with E-state index in [1.54, 1.807) is 18.2 Å². The second kappa shape index (κ2) is 19.5. The Balaban J connectivity index is 0.691. The van der Waals surface area contributed by atoms with Gasteiger partial charge in [0.15, 0.2) is 5.82 Å². The molecule has 6 aliphatic rings. The third-order valence-corrected chi connectivity index (χ3v) is 17.1. The summed E-state index contributed by atoms with van der Waals surface area (Å²) in [7, 11) is 0. The van der Waals surface area contributed by atoms with Crippen molar-refractivity contribution in [2.24, 2.45) is 17.3 Å². The molecule has 2 unspecified atom stereocenters. The molecule has 4 aromatic rings. The zero-order valence-corrected chi connectivity index (χ0v) is 40.9. The first kappa shape index (κ1) is 46.9. The van der Waals surface area contributed by atoms with Crippen LogP contribution in [-0.4, -0.2) is 118 Å². The van der Waals surface area contributed by atoms with Crippen LogP contribution >= 0.6 is 11.6 Å². The van der Waals surface area contributed by atoms with Crippen molar-refractivity contribution in [3.63, 3.8) is 0 Å². The first-order valence-corrected chi connectivity index (χ1v) is 25.6. The highest BCUT2D eigenvalue weighted by Gasteiger charge is 2.46. The predicted molar refractivity (Wildman–Crippen MR) is 266 cm³/mol. The number of piperidine rings is 2. The van der Waals surface area contributed by atoms with Crippen molar-refractivity contribution in [2.45, 2.75) is 116 Å². The molecule has 1 spiro atoms. The summed E-state index contributed by atoms with van der Waals surface area (Å²) in [5.74, 6) is 2.33. The fourth-order valence-electron chi connectivity index (χ4n) is 12.5. The summed E-state index contributed by atoms with van der Waals surface area (Å²) >= 11 is 6.46. The van der Waals surface area contributed by atoms with Gasteiger partial charge in [-0.25, -0.2) is 9.78 Å². The normalized spacial score (nSPS) is 22.8. The second-order valence-electron chi connectivity index (χ2n) is 20.8. The number of nitrogens with zero attached hydrogens (tertiary/aromatic N) is 9. The standard InChI is InChI=1S/C53H64ClN11O4/c1-33-37(13-21-55)5-4-6-42(33)34(2)57-49-43-28-47(56-29-44(43)35(3)59-60-49)63-31-40-8-9-41(32-63)65(40)51(68)38-14-22-61(23-15-38)30-36-11-17-53(18-12-36)19-25-62(26-20-53)50(67)39-7-10-45(54)46(27-39)64-24-16-48(66)58-52(64)69/h4-7,10,27-29,34,36,38,40-41H,8-9,11-20,22-26,30-32H2,1-3H3,(H,57,60)(H,58,66,69)/t34-,40?,41?/m1/s1. The van der Waals surface area contributed by atoms with E-state index in [9.17, 15) is 24.4 Å². The van der Waals surface area contributed by atoms with Gasteiger partial charge in [-0.15, -0.1) is 5.10 Å². The van der Waals surface area contributed by atoms with E-state index in [1.165, 1.54) is 30.6 Å². The summed E-state index contributed by atoms with van der Waals surface area (Å²) in [5, 5.41) is 26.7. The van der Waals surface area contributed by atoms with Crippen LogP contribution in [0.1, 0.15) is 116 Å². The quantitative estimate of drug-likeness (QED) is 0.158. The van der Waals surface area contributed by atoms with Gasteiger partial charge in [-0.2, -0.15) is 10.4 Å². The summed E-state index contributed by atoms with van der Waals surface area (Å²) in [6.07, 6.45) is 13.1. The summed E-state index contributed by atoms with van der Waals surface area (Å²) in [4.78, 5) is 67.8. The Kier molecular flexibility index (Phi) is 13.2. The number of halogens is 1. The largest absolute Gasteiger partial charge is 0.362 e. The van der Waals surface area contributed by atoms with Crippen molar-refractivity contribution in [3.05, 3.63) is 81.6 Å². The number of carbonyl (C=O) groups is 4. The summed E-state index contributed by atoms with van der Waals surface area (Å²) in [5.41, 5.74) is 5.33. The number of aryl methyl sites for hydroxylation is 1. The number of hydrogen-bond donors (Lipinski definition) is 2. The van der Waals surface area contributed by atoms with Crippen molar-refractivity contribution in [3.8, 4) is 6.07 Å².